The second kappa shape index (κ2) is 5.18. The van der Waals surface area contributed by atoms with E-state index in [4.69, 9.17) is 13.0 Å². The molecule has 0 aromatic carbocycles. The number of ketones is 1. The molecule has 3 aliphatic rings. The van der Waals surface area contributed by atoms with Crippen LogP contribution in [0.1, 0.15) is 34.1 Å². The molecule has 3 aliphatic carbocycles. The van der Waals surface area contributed by atoms with Gasteiger partial charge in [-0.15, -0.1) is 0 Å². The van der Waals surface area contributed by atoms with E-state index < -0.39 is 23.3 Å². The molecule has 0 unspecified atom stereocenters. The molecular formula is C15H23ClHgO3. The first kappa shape index (κ1) is 15.7. The van der Waals surface area contributed by atoms with Crippen molar-refractivity contribution in [1.29, 1.82) is 0 Å². The summed E-state index contributed by atoms with van der Waals surface area (Å²) in [6, 6.07) is 0. The fourth-order valence-electron chi connectivity index (χ4n) is 5.26. The molecule has 3 fully saturated rings. The van der Waals surface area contributed by atoms with Gasteiger partial charge in [-0.3, -0.25) is 0 Å². The van der Waals surface area contributed by atoms with Crippen LogP contribution in [0.4, 0.5) is 0 Å². The van der Waals surface area contributed by atoms with Gasteiger partial charge in [0.1, 0.15) is 0 Å². The van der Waals surface area contributed by atoms with Crippen molar-refractivity contribution in [3.8, 4) is 0 Å². The van der Waals surface area contributed by atoms with E-state index >= 15 is 0 Å². The zero-order valence-corrected chi connectivity index (χ0v) is 18.9. The molecular weight excluding hydrogens is 464 g/mol. The van der Waals surface area contributed by atoms with Gasteiger partial charge >= 0.3 is 137 Å². The van der Waals surface area contributed by atoms with Gasteiger partial charge in [-0.05, 0) is 0 Å². The molecule has 0 radical (unpaired) electrons. The molecule has 20 heavy (non-hydrogen) atoms. The molecule has 0 aromatic heterocycles. The van der Waals surface area contributed by atoms with Gasteiger partial charge in [-0.25, -0.2) is 0 Å². The SMILES string of the molecule is CC(=O)[C@H]1C[C@@H]2[C@@H]([Hg][Cl])[C@@H]3[C@@H](O)[C@H]1[C@H]2[C@H]3OC(C)(C)C. The number of aliphatic hydroxyl groups excluding tert-OH is 1. The van der Waals surface area contributed by atoms with E-state index in [1.165, 1.54) is 0 Å². The summed E-state index contributed by atoms with van der Waals surface area (Å²) in [5, 5.41) is 10.7. The maximum absolute atomic E-state index is 11.9. The van der Waals surface area contributed by atoms with E-state index in [9.17, 15) is 9.90 Å². The number of hydrogen-bond acceptors (Lipinski definition) is 3. The van der Waals surface area contributed by atoms with Crippen molar-refractivity contribution in [2.75, 3.05) is 0 Å². The standard InChI is InChI=1S/C15H23O3.ClH.Hg/c1-7(16)9-5-8-6-10-13(17)12(9)11(8)14(10)18-15(2,3)4;;/h6,8-14,17H,5H2,1-4H3;1H;/q;;+1/p-1/t8-,9-,10-,11+,12-,13-,14+;;/m1../s1. The second-order valence-corrected chi connectivity index (χ2v) is 15.4. The molecule has 0 aliphatic heterocycles. The Balaban J connectivity index is 1.93. The Bertz CT molecular complexity index is 422. The summed E-state index contributed by atoms with van der Waals surface area (Å²) in [6.07, 6.45) is 0.691. The van der Waals surface area contributed by atoms with Crippen LogP contribution in [-0.2, 0) is 32.9 Å². The second-order valence-electron chi connectivity index (χ2n) is 7.85. The van der Waals surface area contributed by atoms with E-state index in [2.05, 4.69) is 20.8 Å². The van der Waals surface area contributed by atoms with Crippen LogP contribution >= 0.6 is 8.25 Å². The minimum atomic E-state index is -1.48. The van der Waals surface area contributed by atoms with Crippen LogP contribution in [0.25, 0.3) is 0 Å². The molecule has 0 aromatic rings. The average Bonchev–Trinajstić information content (AvgIpc) is 2.86. The molecule has 3 rings (SSSR count). The number of fused-ring (bicyclic) bond motifs is 1. The molecule has 0 spiro atoms. The zero-order chi connectivity index (χ0) is 14.8. The number of halogens is 1. The Morgan fingerprint density at radius 2 is 1.95 bits per heavy atom. The molecule has 0 saturated heterocycles. The molecule has 110 valence electrons. The van der Waals surface area contributed by atoms with Gasteiger partial charge in [0, 0.05) is 0 Å². The summed E-state index contributed by atoms with van der Waals surface area (Å²) in [6.45, 7) is 7.89. The quantitative estimate of drug-likeness (QED) is 0.623. The van der Waals surface area contributed by atoms with E-state index in [0.717, 1.165) is 6.42 Å². The Hall–Kier alpha value is 0.815. The first-order valence-electron chi connectivity index (χ1n) is 7.68. The van der Waals surface area contributed by atoms with Crippen LogP contribution in [-0.4, -0.2) is 28.7 Å². The number of aliphatic hydroxyl groups is 1. The van der Waals surface area contributed by atoms with Gasteiger partial charge < -0.3 is 0 Å². The van der Waals surface area contributed by atoms with Gasteiger partial charge in [-0.1, -0.05) is 0 Å². The van der Waals surface area contributed by atoms with Gasteiger partial charge in [0.25, 0.3) is 0 Å². The Morgan fingerprint density at radius 1 is 1.30 bits per heavy atom. The number of carbonyl (C=O) groups is 1. The summed E-state index contributed by atoms with van der Waals surface area (Å²) in [7, 11) is 6.39. The van der Waals surface area contributed by atoms with Crippen LogP contribution in [0.5, 0.6) is 0 Å². The maximum atomic E-state index is 11.9. The van der Waals surface area contributed by atoms with Crippen molar-refractivity contribution >= 4 is 14.0 Å². The number of rotatable bonds is 3. The predicted molar refractivity (Wildman–Crippen MR) is 73.0 cm³/mol. The van der Waals surface area contributed by atoms with Gasteiger partial charge in [-0.2, -0.15) is 0 Å². The fourth-order valence-corrected chi connectivity index (χ4v) is 14.9. The zero-order valence-electron chi connectivity index (χ0n) is 12.7. The molecule has 3 nitrogen and oxygen atoms in total. The summed E-state index contributed by atoms with van der Waals surface area (Å²) < 4.78 is 6.82. The van der Waals surface area contributed by atoms with Crippen LogP contribution in [0.3, 0.4) is 0 Å². The van der Waals surface area contributed by atoms with Gasteiger partial charge in [0.15, 0.2) is 0 Å². The van der Waals surface area contributed by atoms with E-state index in [0.29, 0.717) is 15.3 Å². The first-order chi connectivity index (χ1) is 9.26. The summed E-state index contributed by atoms with van der Waals surface area (Å²) in [5.41, 5.74) is -0.200. The van der Waals surface area contributed by atoms with Crippen molar-refractivity contribution in [2.24, 2.45) is 29.6 Å². The summed E-state index contributed by atoms with van der Waals surface area (Å²) in [5.74, 6) is 1.53. The van der Waals surface area contributed by atoms with E-state index in [-0.39, 0.29) is 41.3 Å². The van der Waals surface area contributed by atoms with Crippen LogP contribution in [0, 0.1) is 29.6 Å². The van der Waals surface area contributed by atoms with Crippen LogP contribution in [0.15, 0.2) is 0 Å². The van der Waals surface area contributed by atoms with Crippen LogP contribution < -0.4 is 0 Å². The van der Waals surface area contributed by atoms with Crippen molar-refractivity contribution in [2.45, 2.75) is 55.4 Å². The fraction of sp³-hybridized carbons (Fsp3) is 0.933. The number of hydrogen-bond donors (Lipinski definition) is 1. The molecule has 1 N–H and O–H groups in total. The minimum absolute atomic E-state index is 0.0395. The number of ether oxygens (including phenoxy) is 1. The molecule has 0 heterocycles. The Kier molecular flexibility index (Phi) is 4.06. The molecule has 0 amide bonds. The van der Waals surface area contributed by atoms with Crippen molar-refractivity contribution in [3.05, 3.63) is 0 Å². The number of Topliss-reactive ketones (excluding diaryl/α,β-unsaturated/α-hetero) is 1. The molecule has 3 saturated carbocycles. The predicted octanol–water partition coefficient (Wildman–Crippen LogP) is 2.66. The first-order valence-corrected chi connectivity index (χ1v) is 17.6. The average molecular weight is 487 g/mol. The topological polar surface area (TPSA) is 46.5 Å². The summed E-state index contributed by atoms with van der Waals surface area (Å²) >= 11 is -1.48. The third-order valence-electron chi connectivity index (χ3n) is 5.71. The normalized spacial score (nSPS) is 49.5. The van der Waals surface area contributed by atoms with Crippen molar-refractivity contribution in [1.82, 2.24) is 0 Å². The van der Waals surface area contributed by atoms with E-state index in [1.807, 2.05) is 0 Å². The van der Waals surface area contributed by atoms with E-state index in [1.54, 1.807) is 6.92 Å². The van der Waals surface area contributed by atoms with Crippen LogP contribution in [0.2, 0.25) is 3.43 Å². The third kappa shape index (κ3) is 2.22. The molecule has 5 heteroatoms. The Labute approximate surface area is 136 Å². The summed E-state index contributed by atoms with van der Waals surface area (Å²) in [4.78, 5) is 11.9. The number of carbonyl (C=O) groups excluding carboxylic acids is 1. The molecule has 8 atom stereocenters. The van der Waals surface area contributed by atoms with Gasteiger partial charge in [0.2, 0.25) is 0 Å². The third-order valence-corrected chi connectivity index (χ3v) is 14.7. The van der Waals surface area contributed by atoms with Gasteiger partial charge in [0.05, 0.1) is 0 Å². The van der Waals surface area contributed by atoms with Crippen molar-refractivity contribution in [3.63, 3.8) is 0 Å². The van der Waals surface area contributed by atoms with Crippen molar-refractivity contribution < 1.29 is 38.0 Å². The molecule has 2 bridgehead atoms. The Morgan fingerprint density at radius 3 is 2.45 bits per heavy atom. The monoisotopic (exact) mass is 488 g/mol.